The van der Waals surface area contributed by atoms with E-state index >= 15 is 0 Å². The van der Waals surface area contributed by atoms with Crippen LogP contribution in [0.15, 0.2) is 24.3 Å². The molecule has 17 heavy (non-hydrogen) atoms. The highest BCUT2D eigenvalue weighted by Gasteiger charge is 2.01. The number of hydrogen-bond donors (Lipinski definition) is 2. The summed E-state index contributed by atoms with van der Waals surface area (Å²) in [6, 6.07) is 6.97. The van der Waals surface area contributed by atoms with Gasteiger partial charge < -0.3 is 15.3 Å². The van der Waals surface area contributed by atoms with Gasteiger partial charge in [0.2, 0.25) is 0 Å². The van der Waals surface area contributed by atoms with E-state index in [1.54, 1.807) is 12.1 Å². The number of nitrogens with zero attached hydrogens (tertiary/aromatic N) is 1. The van der Waals surface area contributed by atoms with Crippen molar-refractivity contribution in [3.8, 4) is 0 Å². The minimum Gasteiger partial charge on any atom is -0.478 e. The maximum Gasteiger partial charge on any atom is 0.335 e. The van der Waals surface area contributed by atoms with Crippen LogP contribution < -0.4 is 5.32 Å². The van der Waals surface area contributed by atoms with Crippen LogP contribution >= 0.6 is 0 Å². The van der Waals surface area contributed by atoms with Crippen LogP contribution in [0.3, 0.4) is 0 Å². The Bertz CT molecular complexity index is 349. The fraction of sp³-hybridized carbons (Fsp3) is 0.462. The normalized spacial score (nSPS) is 10.8. The van der Waals surface area contributed by atoms with Crippen LogP contribution in [0.2, 0.25) is 0 Å². The first-order chi connectivity index (χ1) is 8.13. The standard InChI is InChI=1S/C13H20N2O2/c1-3-15(2)9-8-14-10-11-4-6-12(7-5-11)13(16)17/h4-7,14H,3,8-10H2,1-2H3,(H,16,17). The summed E-state index contributed by atoms with van der Waals surface area (Å²) in [5.74, 6) is -0.880. The summed E-state index contributed by atoms with van der Waals surface area (Å²) in [7, 11) is 2.09. The van der Waals surface area contributed by atoms with E-state index in [2.05, 4.69) is 24.2 Å². The molecule has 0 aromatic heterocycles. The Labute approximate surface area is 102 Å². The van der Waals surface area contributed by atoms with Gasteiger partial charge in [-0.1, -0.05) is 19.1 Å². The van der Waals surface area contributed by atoms with Crippen molar-refractivity contribution in [1.29, 1.82) is 0 Å². The molecule has 0 heterocycles. The van der Waals surface area contributed by atoms with E-state index in [1.165, 1.54) is 0 Å². The molecular formula is C13H20N2O2. The molecule has 0 aliphatic rings. The number of nitrogens with one attached hydrogen (secondary N) is 1. The highest BCUT2D eigenvalue weighted by Crippen LogP contribution is 2.03. The molecule has 0 saturated heterocycles. The van der Waals surface area contributed by atoms with Crippen molar-refractivity contribution in [2.45, 2.75) is 13.5 Å². The molecule has 94 valence electrons. The number of benzene rings is 1. The minimum absolute atomic E-state index is 0.333. The van der Waals surface area contributed by atoms with Crippen molar-refractivity contribution in [3.05, 3.63) is 35.4 Å². The van der Waals surface area contributed by atoms with Gasteiger partial charge in [-0.2, -0.15) is 0 Å². The third kappa shape index (κ3) is 4.97. The third-order valence-electron chi connectivity index (χ3n) is 2.74. The molecule has 4 nitrogen and oxygen atoms in total. The zero-order valence-electron chi connectivity index (χ0n) is 10.4. The lowest BCUT2D eigenvalue weighted by Gasteiger charge is -2.13. The summed E-state index contributed by atoms with van der Waals surface area (Å²) in [5, 5.41) is 12.1. The number of carbonyl (C=O) groups is 1. The van der Waals surface area contributed by atoms with E-state index < -0.39 is 5.97 Å². The summed E-state index contributed by atoms with van der Waals surface area (Å²) in [4.78, 5) is 12.9. The van der Waals surface area contributed by atoms with Crippen LogP contribution in [0, 0.1) is 0 Å². The lowest BCUT2D eigenvalue weighted by Crippen LogP contribution is -2.28. The SMILES string of the molecule is CCN(C)CCNCc1ccc(C(=O)O)cc1. The van der Waals surface area contributed by atoms with Crippen LogP contribution in [0.4, 0.5) is 0 Å². The van der Waals surface area contributed by atoms with Crippen LogP contribution in [0.1, 0.15) is 22.8 Å². The summed E-state index contributed by atoms with van der Waals surface area (Å²) < 4.78 is 0. The summed E-state index contributed by atoms with van der Waals surface area (Å²) in [6.07, 6.45) is 0. The molecule has 0 unspecified atom stereocenters. The fourth-order valence-corrected chi connectivity index (χ4v) is 1.43. The minimum atomic E-state index is -0.880. The zero-order valence-corrected chi connectivity index (χ0v) is 10.4. The zero-order chi connectivity index (χ0) is 12.7. The lowest BCUT2D eigenvalue weighted by atomic mass is 10.1. The second kappa shape index (κ2) is 7.04. The van der Waals surface area contributed by atoms with E-state index in [0.717, 1.165) is 31.7 Å². The van der Waals surface area contributed by atoms with Crippen LogP contribution in [0.5, 0.6) is 0 Å². The Kier molecular flexibility index (Phi) is 5.66. The molecule has 1 aromatic rings. The van der Waals surface area contributed by atoms with Crippen molar-refractivity contribution in [2.75, 3.05) is 26.7 Å². The van der Waals surface area contributed by atoms with Gasteiger partial charge in [0, 0.05) is 19.6 Å². The average Bonchev–Trinajstić information content (AvgIpc) is 2.34. The Morgan fingerprint density at radius 2 is 2.00 bits per heavy atom. The van der Waals surface area contributed by atoms with Crippen LogP contribution in [0.25, 0.3) is 0 Å². The van der Waals surface area contributed by atoms with E-state index in [-0.39, 0.29) is 0 Å². The van der Waals surface area contributed by atoms with E-state index in [0.29, 0.717) is 5.56 Å². The van der Waals surface area contributed by atoms with Crippen molar-refractivity contribution < 1.29 is 9.90 Å². The van der Waals surface area contributed by atoms with E-state index in [1.807, 2.05) is 12.1 Å². The second-order valence-electron chi connectivity index (χ2n) is 4.07. The van der Waals surface area contributed by atoms with Gasteiger partial charge in [-0.05, 0) is 31.3 Å². The molecule has 0 aliphatic carbocycles. The number of aromatic carboxylic acids is 1. The molecular weight excluding hydrogens is 216 g/mol. The highest BCUT2D eigenvalue weighted by molar-refractivity contribution is 5.87. The quantitative estimate of drug-likeness (QED) is 0.703. The first-order valence-corrected chi connectivity index (χ1v) is 5.85. The second-order valence-corrected chi connectivity index (χ2v) is 4.07. The first-order valence-electron chi connectivity index (χ1n) is 5.85. The molecule has 2 N–H and O–H groups in total. The molecule has 0 fully saturated rings. The van der Waals surface area contributed by atoms with Gasteiger partial charge in [-0.3, -0.25) is 0 Å². The number of likely N-dealkylation sites (N-methyl/N-ethyl adjacent to an activating group) is 1. The molecule has 1 aromatic carbocycles. The molecule has 0 atom stereocenters. The summed E-state index contributed by atoms with van der Waals surface area (Å²) in [6.45, 7) is 5.91. The van der Waals surface area contributed by atoms with Gasteiger partial charge in [-0.25, -0.2) is 4.79 Å². The number of rotatable bonds is 7. The summed E-state index contributed by atoms with van der Waals surface area (Å²) in [5.41, 5.74) is 1.44. The fourth-order valence-electron chi connectivity index (χ4n) is 1.43. The van der Waals surface area contributed by atoms with Crippen molar-refractivity contribution in [1.82, 2.24) is 10.2 Å². The van der Waals surface area contributed by atoms with Gasteiger partial charge in [0.1, 0.15) is 0 Å². The Hall–Kier alpha value is -1.39. The smallest absolute Gasteiger partial charge is 0.335 e. The molecule has 0 bridgehead atoms. The largest absolute Gasteiger partial charge is 0.478 e. The molecule has 1 rings (SSSR count). The van der Waals surface area contributed by atoms with Gasteiger partial charge in [0.15, 0.2) is 0 Å². The highest BCUT2D eigenvalue weighted by atomic mass is 16.4. The Morgan fingerprint density at radius 3 is 2.53 bits per heavy atom. The molecule has 4 heteroatoms. The van der Waals surface area contributed by atoms with Gasteiger partial charge in [-0.15, -0.1) is 0 Å². The van der Waals surface area contributed by atoms with Crippen molar-refractivity contribution in [2.24, 2.45) is 0 Å². The predicted octanol–water partition coefficient (Wildman–Crippen LogP) is 1.43. The molecule has 0 amide bonds. The van der Waals surface area contributed by atoms with Crippen molar-refractivity contribution in [3.63, 3.8) is 0 Å². The van der Waals surface area contributed by atoms with Crippen LogP contribution in [-0.2, 0) is 6.54 Å². The van der Waals surface area contributed by atoms with Gasteiger partial charge in [0.05, 0.1) is 5.56 Å². The van der Waals surface area contributed by atoms with Gasteiger partial charge >= 0.3 is 5.97 Å². The molecule has 0 saturated carbocycles. The van der Waals surface area contributed by atoms with E-state index in [4.69, 9.17) is 5.11 Å². The number of hydrogen-bond acceptors (Lipinski definition) is 3. The van der Waals surface area contributed by atoms with Crippen molar-refractivity contribution >= 4 is 5.97 Å². The molecule has 0 aliphatic heterocycles. The monoisotopic (exact) mass is 236 g/mol. The average molecular weight is 236 g/mol. The third-order valence-corrected chi connectivity index (χ3v) is 2.74. The predicted molar refractivity (Wildman–Crippen MR) is 68.3 cm³/mol. The Morgan fingerprint density at radius 1 is 1.35 bits per heavy atom. The molecule has 0 radical (unpaired) electrons. The maximum absolute atomic E-state index is 10.7. The first kappa shape index (κ1) is 13.7. The van der Waals surface area contributed by atoms with Gasteiger partial charge in [0.25, 0.3) is 0 Å². The topological polar surface area (TPSA) is 52.6 Å². The van der Waals surface area contributed by atoms with E-state index in [9.17, 15) is 4.79 Å². The molecule has 0 spiro atoms. The Balaban J connectivity index is 2.30. The number of carboxylic acids is 1. The lowest BCUT2D eigenvalue weighted by molar-refractivity contribution is 0.0697. The van der Waals surface area contributed by atoms with Crippen LogP contribution in [-0.4, -0.2) is 42.7 Å². The summed E-state index contributed by atoms with van der Waals surface area (Å²) >= 11 is 0. The number of carboxylic acid groups (broad SMARTS) is 1. The maximum atomic E-state index is 10.7.